The summed E-state index contributed by atoms with van der Waals surface area (Å²) in [6.07, 6.45) is 3.72. The van der Waals surface area contributed by atoms with E-state index in [1.165, 1.54) is 0 Å². The number of ether oxygens (including phenoxy) is 2. The fourth-order valence-electron chi connectivity index (χ4n) is 5.06. The zero-order valence-electron chi connectivity index (χ0n) is 22.0. The first-order chi connectivity index (χ1) is 19.6. The van der Waals surface area contributed by atoms with Crippen LogP contribution >= 0.6 is 11.6 Å². The Bertz CT molecular complexity index is 1630. The van der Waals surface area contributed by atoms with Crippen LogP contribution < -0.4 is 14.4 Å². The van der Waals surface area contributed by atoms with Crippen LogP contribution in [-0.2, 0) is 4.79 Å². The van der Waals surface area contributed by atoms with Crippen LogP contribution in [0.15, 0.2) is 91.4 Å². The number of fused-ring (bicyclic) bond motifs is 1. The molecule has 5 aromatic rings. The van der Waals surface area contributed by atoms with Crippen LogP contribution in [0.25, 0.3) is 27.8 Å². The van der Waals surface area contributed by atoms with Gasteiger partial charge in [0.15, 0.2) is 23.8 Å². The number of benzene rings is 3. The number of carbonyl (C=O) groups is 1. The van der Waals surface area contributed by atoms with Gasteiger partial charge in [0, 0.05) is 48.6 Å². The third-order valence-electron chi connectivity index (χ3n) is 7.10. The van der Waals surface area contributed by atoms with Crippen molar-refractivity contribution in [1.29, 1.82) is 0 Å². The van der Waals surface area contributed by atoms with Crippen LogP contribution in [-0.4, -0.2) is 65.2 Å². The molecule has 2 aromatic heterocycles. The average molecular weight is 554 g/mol. The highest BCUT2D eigenvalue weighted by Crippen LogP contribution is 2.37. The van der Waals surface area contributed by atoms with E-state index in [1.54, 1.807) is 19.5 Å². The fraction of sp³-hybridized carbons (Fsp3) is 0.194. The highest BCUT2D eigenvalue weighted by atomic mass is 35.5. The number of amides is 1. The van der Waals surface area contributed by atoms with Gasteiger partial charge in [0.25, 0.3) is 5.91 Å². The third kappa shape index (κ3) is 5.05. The van der Waals surface area contributed by atoms with E-state index in [0.717, 1.165) is 33.7 Å². The third-order valence-corrected chi connectivity index (χ3v) is 7.36. The summed E-state index contributed by atoms with van der Waals surface area (Å²) in [7, 11) is 1.58. The van der Waals surface area contributed by atoms with Crippen molar-refractivity contribution in [3.05, 3.63) is 96.4 Å². The molecule has 8 nitrogen and oxygen atoms in total. The van der Waals surface area contributed by atoms with Gasteiger partial charge in [-0.3, -0.25) is 4.79 Å². The summed E-state index contributed by atoms with van der Waals surface area (Å²) in [5, 5.41) is 1.66. The van der Waals surface area contributed by atoms with E-state index < -0.39 is 0 Å². The van der Waals surface area contributed by atoms with Gasteiger partial charge in [-0.15, -0.1) is 0 Å². The van der Waals surface area contributed by atoms with E-state index in [4.69, 9.17) is 31.0 Å². The number of nitrogens with zero attached hydrogens (tertiary/aromatic N) is 5. The van der Waals surface area contributed by atoms with Crippen molar-refractivity contribution in [2.45, 2.75) is 0 Å². The first-order valence-electron chi connectivity index (χ1n) is 13.1. The Hall–Kier alpha value is -4.56. The summed E-state index contributed by atoms with van der Waals surface area (Å²) in [5.41, 5.74) is 3.91. The van der Waals surface area contributed by atoms with Gasteiger partial charge in [-0.1, -0.05) is 54.1 Å². The smallest absolute Gasteiger partial charge is 0.260 e. The number of hydrogen-bond acceptors (Lipinski definition) is 6. The molecule has 9 heteroatoms. The maximum atomic E-state index is 13.0. The molecule has 3 aromatic carbocycles. The molecule has 0 radical (unpaired) electrons. The Balaban J connectivity index is 1.26. The Labute approximate surface area is 237 Å². The number of piperazine rings is 1. The minimum absolute atomic E-state index is 0.0414. The predicted octanol–water partition coefficient (Wildman–Crippen LogP) is 5.48. The average Bonchev–Trinajstić information content (AvgIpc) is 3.41. The van der Waals surface area contributed by atoms with E-state index in [9.17, 15) is 4.79 Å². The Morgan fingerprint density at radius 1 is 0.875 bits per heavy atom. The number of rotatable bonds is 7. The molecule has 1 fully saturated rings. The van der Waals surface area contributed by atoms with Gasteiger partial charge in [-0.05, 0) is 42.0 Å². The largest absolute Gasteiger partial charge is 0.493 e. The van der Waals surface area contributed by atoms with Gasteiger partial charge in [0.2, 0.25) is 0 Å². The Morgan fingerprint density at radius 3 is 2.30 bits per heavy atom. The highest BCUT2D eigenvalue weighted by molar-refractivity contribution is 6.30. The van der Waals surface area contributed by atoms with E-state index in [2.05, 4.69) is 27.8 Å². The van der Waals surface area contributed by atoms with Crippen LogP contribution in [0.5, 0.6) is 11.5 Å². The van der Waals surface area contributed by atoms with Crippen molar-refractivity contribution in [2.24, 2.45) is 0 Å². The van der Waals surface area contributed by atoms with Crippen LogP contribution in [0.2, 0.25) is 5.02 Å². The van der Waals surface area contributed by atoms with E-state index in [0.29, 0.717) is 42.7 Å². The van der Waals surface area contributed by atoms with E-state index >= 15 is 0 Å². The minimum atomic E-state index is -0.0581. The molecule has 202 valence electrons. The maximum absolute atomic E-state index is 13.0. The normalized spacial score (nSPS) is 13.4. The molecule has 0 unspecified atom stereocenters. The van der Waals surface area contributed by atoms with Crippen molar-refractivity contribution >= 4 is 34.4 Å². The second-order valence-electron chi connectivity index (χ2n) is 9.46. The second-order valence-corrected chi connectivity index (χ2v) is 9.89. The molecule has 0 aliphatic carbocycles. The summed E-state index contributed by atoms with van der Waals surface area (Å²) in [5.74, 6) is 1.96. The molecule has 0 bridgehead atoms. The van der Waals surface area contributed by atoms with Crippen LogP contribution in [0.1, 0.15) is 0 Å². The summed E-state index contributed by atoms with van der Waals surface area (Å²) in [4.78, 5) is 26.5. The van der Waals surface area contributed by atoms with Crippen molar-refractivity contribution in [1.82, 2.24) is 19.4 Å². The van der Waals surface area contributed by atoms with Crippen LogP contribution in [0, 0.1) is 0 Å². The molecular weight excluding hydrogens is 526 g/mol. The molecule has 6 rings (SSSR count). The molecule has 0 atom stereocenters. The lowest BCUT2D eigenvalue weighted by atomic mass is 10.1. The number of anilines is 1. The Kier molecular flexibility index (Phi) is 7.25. The molecule has 1 amide bonds. The quantitative estimate of drug-likeness (QED) is 0.266. The molecule has 0 saturated carbocycles. The van der Waals surface area contributed by atoms with Crippen molar-refractivity contribution in [2.75, 3.05) is 44.8 Å². The monoisotopic (exact) mass is 553 g/mol. The summed E-state index contributed by atoms with van der Waals surface area (Å²) in [6.45, 7) is 2.39. The fourth-order valence-corrected chi connectivity index (χ4v) is 5.18. The first kappa shape index (κ1) is 25.7. The number of aromatic nitrogens is 3. The van der Waals surface area contributed by atoms with Crippen molar-refractivity contribution in [3.8, 4) is 28.3 Å². The molecule has 40 heavy (non-hydrogen) atoms. The molecule has 3 heterocycles. The Morgan fingerprint density at radius 2 is 1.57 bits per heavy atom. The lowest BCUT2D eigenvalue weighted by Crippen LogP contribution is -2.50. The summed E-state index contributed by atoms with van der Waals surface area (Å²) < 4.78 is 13.2. The molecule has 1 aliphatic rings. The topological polar surface area (TPSA) is 72.7 Å². The number of hydrogen-bond donors (Lipinski definition) is 0. The second kappa shape index (κ2) is 11.3. The summed E-state index contributed by atoms with van der Waals surface area (Å²) >= 11 is 6.16. The molecule has 0 spiro atoms. The van der Waals surface area contributed by atoms with Gasteiger partial charge < -0.3 is 23.8 Å². The standard InChI is InChI=1S/C31H28ClN5O3/c1-39-26-9-5-6-10-27(26)40-20-28(38)35-15-17-36(18-16-35)30-29-25(22-7-3-2-4-8-22)19-37(31(29)34-21-33-30)24-13-11-23(32)12-14-24/h2-14,19,21H,15-18,20H2,1H3. The number of carbonyl (C=O) groups excluding carboxylic acids is 1. The maximum Gasteiger partial charge on any atom is 0.260 e. The van der Waals surface area contributed by atoms with E-state index in [1.807, 2.05) is 65.6 Å². The van der Waals surface area contributed by atoms with Crippen molar-refractivity contribution < 1.29 is 14.3 Å². The number of methoxy groups -OCH3 is 1. The summed E-state index contributed by atoms with van der Waals surface area (Å²) in [6, 6.07) is 25.3. The SMILES string of the molecule is COc1ccccc1OCC(=O)N1CCN(c2ncnc3c2c(-c2ccccc2)cn3-c2ccc(Cl)cc2)CC1. The van der Waals surface area contributed by atoms with Crippen LogP contribution in [0.3, 0.4) is 0 Å². The predicted molar refractivity (Wildman–Crippen MR) is 157 cm³/mol. The zero-order chi connectivity index (χ0) is 27.5. The lowest BCUT2D eigenvalue weighted by Gasteiger charge is -2.35. The number of halogens is 1. The van der Waals surface area contributed by atoms with Gasteiger partial charge >= 0.3 is 0 Å². The van der Waals surface area contributed by atoms with Crippen molar-refractivity contribution in [3.63, 3.8) is 0 Å². The molecule has 0 N–H and O–H groups in total. The zero-order valence-corrected chi connectivity index (χ0v) is 22.8. The van der Waals surface area contributed by atoms with E-state index in [-0.39, 0.29) is 12.5 Å². The van der Waals surface area contributed by atoms with Crippen LogP contribution in [0.4, 0.5) is 5.82 Å². The first-order valence-corrected chi connectivity index (χ1v) is 13.5. The van der Waals surface area contributed by atoms with Gasteiger partial charge in [0.1, 0.15) is 12.1 Å². The molecular formula is C31H28ClN5O3. The lowest BCUT2D eigenvalue weighted by molar-refractivity contribution is -0.133. The molecule has 1 saturated heterocycles. The number of para-hydroxylation sites is 2. The van der Waals surface area contributed by atoms with Gasteiger partial charge in [0.05, 0.1) is 12.5 Å². The molecule has 1 aliphatic heterocycles. The van der Waals surface area contributed by atoms with Gasteiger partial charge in [-0.25, -0.2) is 9.97 Å². The van der Waals surface area contributed by atoms with Gasteiger partial charge in [-0.2, -0.15) is 0 Å². The minimum Gasteiger partial charge on any atom is -0.493 e. The highest BCUT2D eigenvalue weighted by Gasteiger charge is 2.26.